The zero-order chi connectivity index (χ0) is 16.2. The number of nitrogens with one attached hydrogen (secondary N) is 1. The van der Waals surface area contributed by atoms with E-state index in [0.717, 1.165) is 31.5 Å². The van der Waals surface area contributed by atoms with Gasteiger partial charge in [0.1, 0.15) is 11.5 Å². The second-order valence-electron chi connectivity index (χ2n) is 5.93. The van der Waals surface area contributed by atoms with Gasteiger partial charge in [-0.05, 0) is 37.8 Å². The maximum atomic E-state index is 12.8. The molecule has 0 aliphatic carbocycles. The van der Waals surface area contributed by atoms with Crippen LogP contribution in [0.4, 0.5) is 11.5 Å². The number of benzene rings is 1. The van der Waals surface area contributed by atoms with E-state index >= 15 is 0 Å². The Balaban J connectivity index is 1.79. The van der Waals surface area contributed by atoms with Crippen molar-refractivity contribution >= 4 is 17.4 Å². The summed E-state index contributed by atoms with van der Waals surface area (Å²) in [6, 6.07) is 8.40. The van der Waals surface area contributed by atoms with Crippen molar-refractivity contribution < 1.29 is 4.79 Å². The Hall–Kier alpha value is -2.43. The lowest BCUT2D eigenvalue weighted by Gasteiger charge is -2.29. The minimum atomic E-state index is -0.0836. The average molecular weight is 310 g/mol. The monoisotopic (exact) mass is 310 g/mol. The number of aryl methyl sites for hydroxylation is 1. The van der Waals surface area contributed by atoms with E-state index in [4.69, 9.17) is 0 Å². The molecule has 3 rings (SSSR count). The fourth-order valence-electron chi connectivity index (χ4n) is 2.75. The van der Waals surface area contributed by atoms with E-state index in [9.17, 15) is 4.79 Å². The molecule has 1 amide bonds. The number of aromatic nitrogens is 2. The quantitative estimate of drug-likeness (QED) is 0.941. The van der Waals surface area contributed by atoms with Gasteiger partial charge in [0.05, 0.1) is 12.4 Å². The van der Waals surface area contributed by atoms with Crippen LogP contribution >= 0.6 is 0 Å². The van der Waals surface area contributed by atoms with Crippen molar-refractivity contribution in [2.75, 3.05) is 16.8 Å². The second kappa shape index (κ2) is 6.77. The molecule has 1 atom stereocenters. The van der Waals surface area contributed by atoms with E-state index in [1.807, 2.05) is 23.1 Å². The van der Waals surface area contributed by atoms with Crippen LogP contribution in [-0.2, 0) is 6.42 Å². The van der Waals surface area contributed by atoms with Crippen LogP contribution < -0.4 is 10.2 Å². The van der Waals surface area contributed by atoms with E-state index in [1.54, 1.807) is 12.4 Å². The molecule has 1 aliphatic heterocycles. The van der Waals surface area contributed by atoms with Crippen molar-refractivity contribution in [1.82, 2.24) is 9.97 Å². The molecule has 5 nitrogen and oxygen atoms in total. The van der Waals surface area contributed by atoms with Crippen LogP contribution in [0.2, 0.25) is 0 Å². The van der Waals surface area contributed by atoms with Crippen molar-refractivity contribution in [3.63, 3.8) is 0 Å². The maximum absolute atomic E-state index is 12.8. The van der Waals surface area contributed by atoms with Crippen LogP contribution in [-0.4, -0.2) is 28.5 Å². The van der Waals surface area contributed by atoms with Crippen molar-refractivity contribution in [2.45, 2.75) is 39.2 Å². The molecule has 1 aromatic carbocycles. The van der Waals surface area contributed by atoms with E-state index in [-0.39, 0.29) is 5.91 Å². The van der Waals surface area contributed by atoms with Gasteiger partial charge in [-0.3, -0.25) is 4.79 Å². The van der Waals surface area contributed by atoms with Gasteiger partial charge in [0.15, 0.2) is 0 Å². The first-order valence-electron chi connectivity index (χ1n) is 8.17. The molecule has 1 aliphatic rings. The van der Waals surface area contributed by atoms with Crippen LogP contribution in [0, 0.1) is 0 Å². The van der Waals surface area contributed by atoms with Crippen LogP contribution in [0.3, 0.4) is 0 Å². The fourth-order valence-corrected chi connectivity index (χ4v) is 2.75. The number of nitrogens with zero attached hydrogens (tertiary/aromatic N) is 3. The summed E-state index contributed by atoms with van der Waals surface area (Å²) >= 11 is 0. The SMILES string of the molecule is CCC(C)Nc1cnc(C(=O)N2CCCc3ccccc32)cn1. The highest BCUT2D eigenvalue weighted by Gasteiger charge is 2.24. The Kier molecular flexibility index (Phi) is 4.55. The average Bonchev–Trinajstić information content (AvgIpc) is 2.61. The molecule has 0 saturated heterocycles. The first kappa shape index (κ1) is 15.5. The molecule has 0 spiro atoms. The normalized spacial score (nSPS) is 15.0. The van der Waals surface area contributed by atoms with Crippen molar-refractivity contribution in [3.05, 3.63) is 47.9 Å². The molecule has 0 saturated carbocycles. The zero-order valence-electron chi connectivity index (χ0n) is 13.6. The third-order valence-electron chi connectivity index (χ3n) is 4.23. The Morgan fingerprint density at radius 1 is 1.30 bits per heavy atom. The summed E-state index contributed by atoms with van der Waals surface area (Å²) in [7, 11) is 0. The molecule has 23 heavy (non-hydrogen) atoms. The van der Waals surface area contributed by atoms with E-state index in [1.165, 1.54) is 5.56 Å². The molecule has 120 valence electrons. The molecule has 1 N–H and O–H groups in total. The standard InChI is InChI=1S/C18H22N4O/c1-3-13(2)21-17-12-19-15(11-20-17)18(23)22-10-6-8-14-7-4-5-9-16(14)22/h4-5,7,9,11-13H,3,6,8,10H2,1-2H3,(H,20,21). The van der Waals surface area contributed by atoms with Crippen LogP contribution in [0.25, 0.3) is 0 Å². The second-order valence-corrected chi connectivity index (χ2v) is 5.93. The summed E-state index contributed by atoms with van der Waals surface area (Å²) in [5.74, 6) is 0.620. The number of hydrogen-bond donors (Lipinski definition) is 1. The summed E-state index contributed by atoms with van der Waals surface area (Å²) in [4.78, 5) is 23.2. The molecule has 0 bridgehead atoms. The van der Waals surface area contributed by atoms with Gasteiger partial charge < -0.3 is 10.2 Å². The number of fused-ring (bicyclic) bond motifs is 1. The van der Waals surface area contributed by atoms with Gasteiger partial charge in [-0.15, -0.1) is 0 Å². The molecule has 2 heterocycles. The maximum Gasteiger partial charge on any atom is 0.278 e. The number of anilines is 2. The summed E-state index contributed by atoms with van der Waals surface area (Å²) in [5.41, 5.74) is 2.60. The lowest BCUT2D eigenvalue weighted by atomic mass is 10.0. The van der Waals surface area contributed by atoms with Gasteiger partial charge in [0, 0.05) is 18.3 Å². The third-order valence-corrected chi connectivity index (χ3v) is 4.23. The highest BCUT2D eigenvalue weighted by atomic mass is 16.2. The van der Waals surface area contributed by atoms with Gasteiger partial charge in [-0.25, -0.2) is 9.97 Å². The molecule has 1 unspecified atom stereocenters. The lowest BCUT2D eigenvalue weighted by Crippen LogP contribution is -2.36. The highest BCUT2D eigenvalue weighted by molar-refractivity contribution is 6.05. The van der Waals surface area contributed by atoms with Crippen LogP contribution in [0.15, 0.2) is 36.7 Å². The van der Waals surface area contributed by atoms with E-state index in [0.29, 0.717) is 17.6 Å². The summed E-state index contributed by atoms with van der Waals surface area (Å²) in [6.07, 6.45) is 6.19. The number of rotatable bonds is 4. The topological polar surface area (TPSA) is 58.1 Å². The molecule has 1 aromatic heterocycles. The number of carbonyl (C=O) groups is 1. The molecule has 2 aromatic rings. The third kappa shape index (κ3) is 3.33. The van der Waals surface area contributed by atoms with E-state index in [2.05, 4.69) is 35.2 Å². The predicted molar refractivity (Wildman–Crippen MR) is 91.8 cm³/mol. The molecule has 0 fully saturated rings. The van der Waals surface area contributed by atoms with E-state index < -0.39 is 0 Å². The Morgan fingerprint density at radius 2 is 2.13 bits per heavy atom. The van der Waals surface area contributed by atoms with Crippen molar-refractivity contribution in [2.24, 2.45) is 0 Å². The van der Waals surface area contributed by atoms with Crippen molar-refractivity contribution in [3.8, 4) is 0 Å². The lowest BCUT2D eigenvalue weighted by molar-refractivity contribution is 0.0980. The van der Waals surface area contributed by atoms with Gasteiger partial charge in [0.25, 0.3) is 5.91 Å². The molecular weight excluding hydrogens is 288 g/mol. The van der Waals surface area contributed by atoms with Gasteiger partial charge in [-0.2, -0.15) is 0 Å². The predicted octanol–water partition coefficient (Wildman–Crippen LogP) is 3.28. The number of amides is 1. The Bertz CT molecular complexity index is 684. The molecule has 0 radical (unpaired) electrons. The first-order valence-corrected chi connectivity index (χ1v) is 8.17. The molecule has 5 heteroatoms. The molecular formula is C18H22N4O. The van der Waals surface area contributed by atoms with Gasteiger partial charge >= 0.3 is 0 Å². The van der Waals surface area contributed by atoms with Gasteiger partial charge in [0.2, 0.25) is 0 Å². The number of hydrogen-bond acceptors (Lipinski definition) is 4. The largest absolute Gasteiger partial charge is 0.366 e. The number of para-hydroxylation sites is 1. The zero-order valence-corrected chi connectivity index (χ0v) is 13.6. The smallest absolute Gasteiger partial charge is 0.278 e. The summed E-state index contributed by atoms with van der Waals surface area (Å²) in [6.45, 7) is 4.92. The first-order chi connectivity index (χ1) is 11.2. The summed E-state index contributed by atoms with van der Waals surface area (Å²) in [5, 5.41) is 3.25. The summed E-state index contributed by atoms with van der Waals surface area (Å²) < 4.78 is 0. The Labute approximate surface area is 136 Å². The van der Waals surface area contributed by atoms with Crippen molar-refractivity contribution in [1.29, 1.82) is 0 Å². The highest BCUT2D eigenvalue weighted by Crippen LogP contribution is 2.27. The minimum absolute atomic E-state index is 0.0836. The van der Waals surface area contributed by atoms with Crippen LogP contribution in [0.5, 0.6) is 0 Å². The minimum Gasteiger partial charge on any atom is -0.366 e. The Morgan fingerprint density at radius 3 is 2.87 bits per heavy atom. The van der Waals surface area contributed by atoms with Gasteiger partial charge in [-0.1, -0.05) is 25.1 Å². The fraction of sp³-hybridized carbons (Fsp3) is 0.389. The van der Waals surface area contributed by atoms with Crippen LogP contribution in [0.1, 0.15) is 42.7 Å². The number of carbonyl (C=O) groups excluding carboxylic acids is 1.